The minimum absolute atomic E-state index is 0.0272. The summed E-state index contributed by atoms with van der Waals surface area (Å²) in [6.45, 7) is 3.08. The third-order valence-corrected chi connectivity index (χ3v) is 12.3. The SMILES string of the molecule is CSCCC(NC(C)=O)C(=O)NC1CC(C)N(C(Cc2ccc3ccccc3c2)C(=O)NC(Cc2ccc3ccccc3c2)C(=O)NC(Cc2ccc(OP(=O)(O)O)cc2)C(=O)O)C1=O. The Kier molecular flexibility index (Phi) is 16.0. The van der Waals surface area contributed by atoms with Gasteiger partial charge in [0, 0.05) is 32.2 Å². The predicted octanol–water partition coefficient (Wildman–Crippen LogP) is 4.28. The van der Waals surface area contributed by atoms with Crippen LogP contribution in [0.15, 0.2) is 109 Å². The molecule has 0 aromatic heterocycles. The molecule has 1 fully saturated rings. The molecule has 0 saturated carbocycles. The van der Waals surface area contributed by atoms with Gasteiger partial charge in [0.05, 0.1) is 0 Å². The van der Waals surface area contributed by atoms with Gasteiger partial charge < -0.3 is 35.8 Å². The summed E-state index contributed by atoms with van der Waals surface area (Å²) in [4.78, 5) is 102. The number of amides is 5. The van der Waals surface area contributed by atoms with Crippen molar-refractivity contribution in [2.75, 3.05) is 12.0 Å². The number of carbonyl (C=O) groups is 6. The van der Waals surface area contributed by atoms with E-state index in [1.165, 1.54) is 47.9 Å². The number of likely N-dealkylation sites (tertiary alicyclic amines) is 1. The lowest BCUT2D eigenvalue weighted by molar-refractivity contribution is -0.143. The van der Waals surface area contributed by atoms with E-state index in [-0.39, 0.29) is 31.4 Å². The highest BCUT2D eigenvalue weighted by atomic mass is 32.2. The minimum Gasteiger partial charge on any atom is -0.480 e. The lowest BCUT2D eigenvalue weighted by Crippen LogP contribution is -2.59. The third-order valence-electron chi connectivity index (χ3n) is 11.2. The van der Waals surface area contributed by atoms with Crippen molar-refractivity contribution in [3.05, 3.63) is 126 Å². The van der Waals surface area contributed by atoms with Gasteiger partial charge in [0.1, 0.15) is 36.0 Å². The van der Waals surface area contributed by atoms with Crippen LogP contribution < -0.4 is 25.8 Å². The first-order valence-electron chi connectivity index (χ1n) is 21.0. The van der Waals surface area contributed by atoms with Crippen molar-refractivity contribution < 1.29 is 52.7 Å². The molecule has 1 saturated heterocycles. The fourth-order valence-electron chi connectivity index (χ4n) is 8.07. The van der Waals surface area contributed by atoms with Crippen molar-refractivity contribution in [2.24, 2.45) is 0 Å². The number of carbonyl (C=O) groups excluding carboxylic acids is 5. The van der Waals surface area contributed by atoms with Crippen LogP contribution in [0.5, 0.6) is 5.75 Å². The van der Waals surface area contributed by atoms with Crippen molar-refractivity contribution in [1.82, 2.24) is 26.2 Å². The smallest absolute Gasteiger partial charge is 0.480 e. The van der Waals surface area contributed by atoms with E-state index in [1.807, 2.05) is 91.2 Å². The Labute approximate surface area is 380 Å². The number of nitrogens with zero attached hydrogens (tertiary/aromatic N) is 1. The van der Waals surface area contributed by atoms with Crippen LogP contribution in [-0.2, 0) is 52.6 Å². The number of fused-ring (bicyclic) bond motifs is 2. The fraction of sp³-hybridized carbons (Fsp3) is 0.319. The van der Waals surface area contributed by atoms with E-state index in [2.05, 4.69) is 25.8 Å². The molecule has 65 heavy (non-hydrogen) atoms. The van der Waals surface area contributed by atoms with E-state index in [4.69, 9.17) is 9.79 Å². The van der Waals surface area contributed by atoms with Crippen molar-refractivity contribution in [3.63, 3.8) is 0 Å². The summed E-state index contributed by atoms with van der Waals surface area (Å²) in [5.41, 5.74) is 1.78. The number of thioether (sulfide) groups is 1. The Morgan fingerprint density at radius 1 is 0.723 bits per heavy atom. The molecule has 5 aromatic rings. The molecule has 5 amide bonds. The molecule has 1 aliphatic rings. The van der Waals surface area contributed by atoms with E-state index < -0.39 is 79.6 Å². The molecule has 342 valence electrons. The number of carboxylic acids is 1. The average Bonchev–Trinajstić information content (AvgIpc) is 3.53. The van der Waals surface area contributed by atoms with Crippen LogP contribution in [0.2, 0.25) is 0 Å². The van der Waals surface area contributed by atoms with Crippen molar-refractivity contribution in [1.29, 1.82) is 0 Å². The molecular formula is C47H52N5O11PS. The van der Waals surface area contributed by atoms with Gasteiger partial charge in [-0.05, 0) is 82.1 Å². The molecule has 0 radical (unpaired) electrons. The van der Waals surface area contributed by atoms with E-state index in [0.717, 1.165) is 27.1 Å². The average molecular weight is 926 g/mol. The number of phosphoric acid groups is 1. The first kappa shape index (κ1) is 48.2. The number of hydrogen-bond donors (Lipinski definition) is 7. The van der Waals surface area contributed by atoms with Gasteiger partial charge in [-0.15, -0.1) is 0 Å². The zero-order valence-electron chi connectivity index (χ0n) is 36.0. The Bertz CT molecular complexity index is 2610. The maximum absolute atomic E-state index is 14.9. The van der Waals surface area contributed by atoms with Crippen molar-refractivity contribution in [2.45, 2.75) is 82.2 Å². The summed E-state index contributed by atoms with van der Waals surface area (Å²) in [5.74, 6) is -3.88. The first-order valence-corrected chi connectivity index (χ1v) is 23.9. The van der Waals surface area contributed by atoms with Crippen molar-refractivity contribution in [3.8, 4) is 5.75 Å². The lowest BCUT2D eigenvalue weighted by atomic mass is 9.98. The highest BCUT2D eigenvalue weighted by molar-refractivity contribution is 7.98. The van der Waals surface area contributed by atoms with Crippen LogP contribution in [0, 0.1) is 0 Å². The molecule has 0 bridgehead atoms. The number of hydrogen-bond acceptors (Lipinski definition) is 9. The monoisotopic (exact) mass is 925 g/mol. The molecule has 6 atom stereocenters. The van der Waals surface area contributed by atoms with Crippen LogP contribution >= 0.6 is 19.6 Å². The van der Waals surface area contributed by atoms with Crippen LogP contribution in [0.1, 0.15) is 43.4 Å². The number of phosphoric ester groups is 1. The van der Waals surface area contributed by atoms with Crippen LogP contribution in [0.4, 0.5) is 0 Å². The molecule has 16 nitrogen and oxygen atoms in total. The minimum atomic E-state index is -4.84. The molecule has 1 heterocycles. The van der Waals surface area contributed by atoms with Gasteiger partial charge in [-0.25, -0.2) is 9.36 Å². The Morgan fingerprint density at radius 3 is 1.82 bits per heavy atom. The number of aliphatic carboxylic acids is 1. The second-order valence-electron chi connectivity index (χ2n) is 16.1. The largest absolute Gasteiger partial charge is 0.524 e. The molecule has 18 heteroatoms. The topological polar surface area (TPSA) is 241 Å². The number of benzene rings is 5. The van der Waals surface area contributed by atoms with E-state index >= 15 is 0 Å². The number of rotatable bonds is 20. The molecule has 6 rings (SSSR count). The molecule has 0 aliphatic carbocycles. The molecule has 6 unspecified atom stereocenters. The van der Waals surface area contributed by atoms with E-state index in [1.54, 1.807) is 6.92 Å². The summed E-state index contributed by atoms with van der Waals surface area (Å²) in [5, 5.41) is 24.9. The molecule has 1 aliphatic heterocycles. The Balaban J connectivity index is 1.31. The second-order valence-corrected chi connectivity index (χ2v) is 18.3. The summed E-state index contributed by atoms with van der Waals surface area (Å²) < 4.78 is 15.9. The second kappa shape index (κ2) is 21.6. The summed E-state index contributed by atoms with van der Waals surface area (Å²) in [6, 6.07) is 25.4. The summed E-state index contributed by atoms with van der Waals surface area (Å²) in [7, 11) is -4.84. The van der Waals surface area contributed by atoms with Gasteiger partial charge in [-0.2, -0.15) is 11.8 Å². The zero-order valence-corrected chi connectivity index (χ0v) is 37.7. The maximum atomic E-state index is 14.9. The van der Waals surface area contributed by atoms with Crippen LogP contribution in [0.3, 0.4) is 0 Å². The Morgan fingerprint density at radius 2 is 1.26 bits per heavy atom. The lowest BCUT2D eigenvalue weighted by Gasteiger charge is -2.32. The molecule has 5 aromatic carbocycles. The fourth-order valence-corrected chi connectivity index (χ4v) is 8.94. The highest BCUT2D eigenvalue weighted by Crippen LogP contribution is 2.37. The van der Waals surface area contributed by atoms with Crippen LogP contribution in [0.25, 0.3) is 21.5 Å². The van der Waals surface area contributed by atoms with E-state index in [0.29, 0.717) is 23.3 Å². The van der Waals surface area contributed by atoms with Gasteiger partial charge in [0.15, 0.2) is 0 Å². The van der Waals surface area contributed by atoms with Gasteiger partial charge in [0.2, 0.25) is 29.5 Å². The molecule has 0 spiro atoms. The first-order chi connectivity index (χ1) is 31.0. The van der Waals surface area contributed by atoms with Gasteiger partial charge in [0.25, 0.3) is 0 Å². The van der Waals surface area contributed by atoms with Gasteiger partial charge in [-0.3, -0.25) is 33.8 Å². The van der Waals surface area contributed by atoms with Gasteiger partial charge in [-0.1, -0.05) is 97.1 Å². The maximum Gasteiger partial charge on any atom is 0.524 e. The third kappa shape index (κ3) is 13.2. The van der Waals surface area contributed by atoms with E-state index in [9.17, 15) is 38.4 Å². The standard InChI is InChI=1S/C47H52N5O11PS/c1-28-22-40(50-43(54)38(20-21-65-3)48-29(2)53)46(57)52(28)42(27-32-13-17-34-9-5-7-11-36(34)24-32)45(56)49-39(26-31-12-16-33-8-4-6-10-35(33)23-31)44(55)51-41(47(58)59)25-30-14-18-37(19-15-30)63-64(60,61)62/h4-19,23-24,28,38-42H,20-22,25-27H2,1-3H3,(H,48,53)(H,49,56)(H,50,54)(H,51,55)(H,58,59)(H2,60,61,62). The summed E-state index contributed by atoms with van der Waals surface area (Å²) in [6.07, 6.45) is 2.11. The number of carboxylic acid groups (broad SMARTS) is 1. The van der Waals surface area contributed by atoms with Gasteiger partial charge >= 0.3 is 13.8 Å². The molecule has 7 N–H and O–H groups in total. The number of nitrogens with one attached hydrogen (secondary N) is 4. The van der Waals surface area contributed by atoms with Crippen molar-refractivity contribution >= 4 is 76.6 Å². The Hall–Kier alpha value is -6.26. The quantitative estimate of drug-likeness (QED) is 0.0542. The summed E-state index contributed by atoms with van der Waals surface area (Å²) >= 11 is 1.51. The highest BCUT2D eigenvalue weighted by Gasteiger charge is 2.45. The van der Waals surface area contributed by atoms with Crippen LogP contribution in [-0.4, -0.2) is 104 Å². The molecular weight excluding hydrogens is 874 g/mol. The predicted molar refractivity (Wildman–Crippen MR) is 247 cm³/mol. The normalized spacial score (nSPS) is 16.9. The zero-order chi connectivity index (χ0) is 46.8.